The molecule has 0 spiro atoms. The molecule has 0 bridgehead atoms. The van der Waals surface area contributed by atoms with Crippen LogP contribution >= 0.6 is 0 Å². The Hall–Kier alpha value is -7.62. The van der Waals surface area contributed by atoms with Gasteiger partial charge in [-0.1, -0.05) is 140 Å². The second-order valence-corrected chi connectivity index (χ2v) is 14.9. The zero-order valence-electron chi connectivity index (χ0n) is 30.9. The van der Waals surface area contributed by atoms with Crippen LogP contribution in [0.25, 0.3) is 92.9 Å². The largest absolute Gasteiger partial charge is 0.456 e. The van der Waals surface area contributed by atoms with Crippen molar-refractivity contribution in [1.29, 1.82) is 0 Å². The van der Waals surface area contributed by atoms with Crippen LogP contribution in [0.15, 0.2) is 211 Å². The summed E-state index contributed by atoms with van der Waals surface area (Å²) in [4.78, 5) is 2.38. The fourth-order valence-electron chi connectivity index (χ4n) is 9.22. The molecular formula is C54H34N2O. The highest BCUT2D eigenvalue weighted by molar-refractivity contribution is 6.26. The van der Waals surface area contributed by atoms with Crippen LogP contribution in [0.2, 0.25) is 0 Å². The molecule has 0 atom stereocenters. The summed E-state index contributed by atoms with van der Waals surface area (Å²) in [5.74, 6) is 0. The van der Waals surface area contributed by atoms with E-state index >= 15 is 0 Å². The van der Waals surface area contributed by atoms with Crippen LogP contribution in [-0.2, 0) is 0 Å². The van der Waals surface area contributed by atoms with E-state index in [2.05, 4.69) is 204 Å². The summed E-state index contributed by atoms with van der Waals surface area (Å²) >= 11 is 0. The average Bonchev–Trinajstić information content (AvgIpc) is 3.82. The molecule has 12 aromatic rings. The Balaban J connectivity index is 1.05. The molecule has 266 valence electrons. The molecule has 3 nitrogen and oxygen atoms in total. The number of benzene rings is 10. The van der Waals surface area contributed by atoms with Gasteiger partial charge < -0.3 is 13.9 Å². The summed E-state index contributed by atoms with van der Waals surface area (Å²) in [6, 6.07) is 74.6. The van der Waals surface area contributed by atoms with Crippen LogP contribution < -0.4 is 4.90 Å². The molecule has 0 radical (unpaired) electrons. The van der Waals surface area contributed by atoms with Crippen molar-refractivity contribution in [3.63, 3.8) is 0 Å². The van der Waals surface area contributed by atoms with E-state index in [0.29, 0.717) is 0 Å². The number of hydrogen-bond donors (Lipinski definition) is 0. The SMILES string of the molecule is c1ccc(-n2c3ccccc3c3ccccc32)c(-c2ccc(N(c3ccc4oc5ccccc5c4c3)c3ccc4c5ccccc5c5ccccc5c4c3)cc2)c1. The third kappa shape index (κ3) is 4.86. The topological polar surface area (TPSA) is 21.3 Å². The van der Waals surface area contributed by atoms with Gasteiger partial charge in [-0.3, -0.25) is 0 Å². The quantitative estimate of drug-likeness (QED) is 0.165. The third-order valence-corrected chi connectivity index (χ3v) is 11.8. The lowest BCUT2D eigenvalue weighted by atomic mass is 9.94. The van der Waals surface area contributed by atoms with Gasteiger partial charge in [0.1, 0.15) is 11.2 Å². The Morgan fingerprint density at radius 3 is 1.44 bits per heavy atom. The van der Waals surface area contributed by atoms with Gasteiger partial charge in [-0.2, -0.15) is 0 Å². The molecule has 10 aromatic carbocycles. The average molecular weight is 727 g/mol. The summed E-state index contributed by atoms with van der Waals surface area (Å²) < 4.78 is 8.70. The van der Waals surface area contributed by atoms with Crippen molar-refractivity contribution in [1.82, 2.24) is 4.57 Å². The van der Waals surface area contributed by atoms with Crippen LogP contribution in [0.4, 0.5) is 17.1 Å². The second kappa shape index (κ2) is 12.5. The molecule has 0 saturated heterocycles. The summed E-state index contributed by atoms with van der Waals surface area (Å²) in [6.45, 7) is 0. The monoisotopic (exact) mass is 726 g/mol. The number of aromatic nitrogens is 1. The van der Waals surface area contributed by atoms with Gasteiger partial charge in [-0.15, -0.1) is 0 Å². The van der Waals surface area contributed by atoms with Gasteiger partial charge in [0.2, 0.25) is 0 Å². The van der Waals surface area contributed by atoms with Gasteiger partial charge in [0, 0.05) is 44.2 Å². The predicted octanol–water partition coefficient (Wildman–Crippen LogP) is 15.3. The first-order valence-electron chi connectivity index (χ1n) is 19.5. The maximum atomic E-state index is 6.28. The Labute approximate surface area is 328 Å². The molecule has 0 saturated carbocycles. The van der Waals surface area contributed by atoms with Gasteiger partial charge in [0.05, 0.1) is 16.7 Å². The minimum absolute atomic E-state index is 0.882. The van der Waals surface area contributed by atoms with Gasteiger partial charge in [0.15, 0.2) is 0 Å². The molecule has 0 aliphatic heterocycles. The number of hydrogen-bond acceptors (Lipinski definition) is 2. The second-order valence-electron chi connectivity index (χ2n) is 14.9. The van der Waals surface area contributed by atoms with Gasteiger partial charge >= 0.3 is 0 Å². The summed E-state index contributed by atoms with van der Waals surface area (Å²) in [7, 11) is 0. The van der Waals surface area contributed by atoms with E-state index in [1.165, 1.54) is 59.7 Å². The molecule has 12 rings (SSSR count). The molecule has 0 aliphatic carbocycles. The van der Waals surface area contributed by atoms with E-state index in [1.54, 1.807) is 0 Å². The molecule has 0 unspecified atom stereocenters. The normalized spacial score (nSPS) is 11.9. The summed E-state index contributed by atoms with van der Waals surface area (Å²) in [5.41, 5.74) is 10.9. The van der Waals surface area contributed by atoms with Crippen LogP contribution in [-0.4, -0.2) is 4.57 Å². The number of furan rings is 1. The molecule has 0 amide bonds. The zero-order chi connectivity index (χ0) is 37.5. The maximum absolute atomic E-state index is 6.28. The standard InChI is InChI=1S/C54H34N2O/c1-2-16-42-40(14-1)41-15-3-4-17-43(41)48-33-37(29-31-44(42)48)55(38-30-32-54-49(34-38)47-20-8-12-24-53(47)57-54)36-27-25-35(26-28-36)39-13-5-9-21-50(39)56-51-22-10-6-18-45(51)46-19-7-11-23-52(46)56/h1-34H. The minimum Gasteiger partial charge on any atom is -0.456 e. The molecule has 0 fully saturated rings. The molecular weight excluding hydrogens is 693 g/mol. The van der Waals surface area contributed by atoms with Crippen molar-refractivity contribution < 1.29 is 4.42 Å². The van der Waals surface area contributed by atoms with Crippen LogP contribution in [0, 0.1) is 0 Å². The van der Waals surface area contributed by atoms with Gasteiger partial charge in [0.25, 0.3) is 0 Å². The fraction of sp³-hybridized carbons (Fsp3) is 0. The molecule has 2 aromatic heterocycles. The molecule has 0 aliphatic rings. The lowest BCUT2D eigenvalue weighted by Gasteiger charge is -2.26. The summed E-state index contributed by atoms with van der Waals surface area (Å²) in [6.07, 6.45) is 0. The lowest BCUT2D eigenvalue weighted by Crippen LogP contribution is -2.10. The number of nitrogens with zero attached hydrogens (tertiary/aromatic N) is 2. The smallest absolute Gasteiger partial charge is 0.135 e. The zero-order valence-corrected chi connectivity index (χ0v) is 30.9. The summed E-state index contributed by atoms with van der Waals surface area (Å²) in [5, 5.41) is 12.3. The Bertz CT molecular complexity index is 3450. The van der Waals surface area contributed by atoms with E-state index in [9.17, 15) is 0 Å². The van der Waals surface area contributed by atoms with E-state index in [4.69, 9.17) is 4.42 Å². The van der Waals surface area contributed by atoms with Crippen LogP contribution in [0.3, 0.4) is 0 Å². The molecule has 3 heteroatoms. The van der Waals surface area contributed by atoms with Gasteiger partial charge in [-0.05, 0) is 105 Å². The first-order chi connectivity index (χ1) is 28.3. The first kappa shape index (κ1) is 31.7. The predicted molar refractivity (Wildman–Crippen MR) is 241 cm³/mol. The van der Waals surface area contributed by atoms with E-state index in [-0.39, 0.29) is 0 Å². The number of anilines is 3. The fourth-order valence-corrected chi connectivity index (χ4v) is 9.22. The van der Waals surface area contributed by atoms with Crippen molar-refractivity contribution in [3.8, 4) is 16.8 Å². The van der Waals surface area contributed by atoms with Crippen LogP contribution in [0.1, 0.15) is 0 Å². The van der Waals surface area contributed by atoms with Gasteiger partial charge in [-0.25, -0.2) is 0 Å². The number of fused-ring (bicyclic) bond motifs is 12. The highest BCUT2D eigenvalue weighted by Gasteiger charge is 2.19. The molecule has 57 heavy (non-hydrogen) atoms. The highest BCUT2D eigenvalue weighted by Crippen LogP contribution is 2.43. The van der Waals surface area contributed by atoms with Crippen molar-refractivity contribution in [3.05, 3.63) is 206 Å². The Morgan fingerprint density at radius 2 is 0.772 bits per heavy atom. The Morgan fingerprint density at radius 1 is 0.316 bits per heavy atom. The number of para-hydroxylation sites is 4. The minimum atomic E-state index is 0.882. The Kier molecular flexibility index (Phi) is 6.93. The van der Waals surface area contributed by atoms with Crippen molar-refractivity contribution in [2.45, 2.75) is 0 Å². The lowest BCUT2D eigenvalue weighted by molar-refractivity contribution is 0.669. The number of rotatable bonds is 5. The molecule has 0 N–H and O–H groups in total. The van der Waals surface area contributed by atoms with E-state index < -0.39 is 0 Å². The highest BCUT2D eigenvalue weighted by atomic mass is 16.3. The van der Waals surface area contributed by atoms with Crippen LogP contribution in [0.5, 0.6) is 0 Å². The molecule has 2 heterocycles. The first-order valence-corrected chi connectivity index (χ1v) is 19.5. The van der Waals surface area contributed by atoms with Crippen molar-refractivity contribution in [2.24, 2.45) is 0 Å². The third-order valence-electron chi connectivity index (χ3n) is 11.8. The van der Waals surface area contributed by atoms with Crippen molar-refractivity contribution >= 4 is 93.1 Å². The maximum Gasteiger partial charge on any atom is 0.135 e. The van der Waals surface area contributed by atoms with E-state index in [1.807, 2.05) is 12.1 Å². The van der Waals surface area contributed by atoms with E-state index in [0.717, 1.165) is 50.3 Å². The van der Waals surface area contributed by atoms with Crippen molar-refractivity contribution in [2.75, 3.05) is 4.90 Å².